The van der Waals surface area contributed by atoms with Gasteiger partial charge in [0.2, 0.25) is 0 Å². The Kier molecular flexibility index (Phi) is 7.45. The van der Waals surface area contributed by atoms with Gasteiger partial charge in [0.05, 0.1) is 0 Å². The van der Waals surface area contributed by atoms with Crippen molar-refractivity contribution in [3.63, 3.8) is 0 Å². The third-order valence-electron chi connectivity index (χ3n) is 7.25. The quantitative estimate of drug-likeness (QED) is 0.296. The molecule has 0 amide bonds. The number of alkyl halides is 3. The van der Waals surface area contributed by atoms with E-state index in [0.717, 1.165) is 42.2 Å². The maximum absolute atomic E-state index is 14.9. The Bertz CT molecular complexity index is 967. The van der Waals surface area contributed by atoms with E-state index >= 15 is 0 Å². The fourth-order valence-electron chi connectivity index (χ4n) is 5.44. The predicted octanol–water partition coefficient (Wildman–Crippen LogP) is 8.80. The maximum Gasteiger partial charge on any atom is 0.573 e. The normalized spacial score (nSPS) is 20.8. The van der Waals surface area contributed by atoms with Gasteiger partial charge in [0, 0.05) is 5.56 Å². The van der Waals surface area contributed by atoms with Crippen molar-refractivity contribution in [1.29, 1.82) is 0 Å². The number of fused-ring (bicyclic) bond motifs is 1. The van der Waals surface area contributed by atoms with Crippen molar-refractivity contribution in [2.24, 2.45) is 11.8 Å². The van der Waals surface area contributed by atoms with Crippen LogP contribution in [0.5, 0.6) is 5.75 Å². The van der Waals surface area contributed by atoms with Gasteiger partial charge >= 0.3 is 6.36 Å². The Balaban J connectivity index is 1.36. The van der Waals surface area contributed by atoms with Gasteiger partial charge < -0.3 is 4.74 Å². The van der Waals surface area contributed by atoms with Gasteiger partial charge in [-0.15, -0.1) is 13.2 Å². The molecular formula is C28H32F4O. The van der Waals surface area contributed by atoms with Crippen LogP contribution in [0.15, 0.2) is 48.0 Å². The van der Waals surface area contributed by atoms with Crippen LogP contribution in [0.3, 0.4) is 0 Å². The van der Waals surface area contributed by atoms with Crippen molar-refractivity contribution in [3.05, 3.63) is 65.0 Å². The molecule has 2 aromatic rings. The van der Waals surface area contributed by atoms with E-state index in [-0.39, 0.29) is 11.6 Å². The summed E-state index contributed by atoms with van der Waals surface area (Å²) in [6.07, 6.45) is 9.52. The standard InChI is InChI=1S/C28H32F4O/c1-2-3-19-4-6-20(7-5-19)8-9-21-10-11-23-17-26(27(29)18-24(23)16-21)22-12-14-25(15-13-22)33-28(30,31)32/h10,12-15,17-20H,2-9,11,16H2,1H3. The number of hydrogen-bond acceptors (Lipinski definition) is 1. The van der Waals surface area contributed by atoms with Crippen molar-refractivity contribution in [2.75, 3.05) is 0 Å². The van der Waals surface area contributed by atoms with Gasteiger partial charge in [-0.25, -0.2) is 4.39 Å². The van der Waals surface area contributed by atoms with Gasteiger partial charge in [-0.1, -0.05) is 69.2 Å². The van der Waals surface area contributed by atoms with Crippen molar-refractivity contribution in [2.45, 2.75) is 77.5 Å². The van der Waals surface area contributed by atoms with Crippen LogP contribution >= 0.6 is 0 Å². The van der Waals surface area contributed by atoms with E-state index in [2.05, 4.69) is 17.7 Å². The number of allylic oxidation sites excluding steroid dienone is 2. The summed E-state index contributed by atoms with van der Waals surface area (Å²) in [5.41, 5.74) is 4.47. The zero-order valence-corrected chi connectivity index (χ0v) is 19.2. The lowest BCUT2D eigenvalue weighted by molar-refractivity contribution is -0.274. The highest BCUT2D eigenvalue weighted by Gasteiger charge is 2.31. The highest BCUT2D eigenvalue weighted by atomic mass is 19.4. The lowest BCUT2D eigenvalue weighted by atomic mass is 9.77. The summed E-state index contributed by atoms with van der Waals surface area (Å²) in [4.78, 5) is 0. The first-order chi connectivity index (χ1) is 15.8. The van der Waals surface area contributed by atoms with Crippen molar-refractivity contribution in [1.82, 2.24) is 0 Å². The smallest absolute Gasteiger partial charge is 0.406 e. The molecule has 0 aromatic heterocycles. The van der Waals surface area contributed by atoms with Crippen LogP contribution in [0.1, 0.15) is 69.4 Å². The first-order valence-corrected chi connectivity index (χ1v) is 12.2. The molecule has 0 heterocycles. The van der Waals surface area contributed by atoms with E-state index < -0.39 is 6.36 Å². The monoisotopic (exact) mass is 460 g/mol. The average Bonchev–Trinajstić information content (AvgIpc) is 2.78. The molecule has 178 valence electrons. The Labute approximate surface area is 193 Å². The molecule has 1 fully saturated rings. The molecule has 0 atom stereocenters. The molecule has 2 aliphatic carbocycles. The summed E-state index contributed by atoms with van der Waals surface area (Å²) in [5.74, 6) is 1.10. The molecule has 33 heavy (non-hydrogen) atoms. The third kappa shape index (κ3) is 6.39. The van der Waals surface area contributed by atoms with Gasteiger partial charge in [0.1, 0.15) is 11.6 Å². The molecule has 0 unspecified atom stereocenters. The topological polar surface area (TPSA) is 9.23 Å². The average molecular weight is 461 g/mol. The Hall–Kier alpha value is -2.30. The minimum absolute atomic E-state index is 0.309. The minimum Gasteiger partial charge on any atom is -0.406 e. The number of rotatable bonds is 7. The van der Waals surface area contributed by atoms with Crippen molar-refractivity contribution < 1.29 is 22.3 Å². The van der Waals surface area contributed by atoms with Crippen LogP contribution in [0.25, 0.3) is 11.1 Å². The first kappa shape index (κ1) is 23.8. The van der Waals surface area contributed by atoms with E-state index in [9.17, 15) is 17.6 Å². The van der Waals surface area contributed by atoms with Crippen LogP contribution in [0.4, 0.5) is 17.6 Å². The first-order valence-electron chi connectivity index (χ1n) is 12.2. The second-order valence-corrected chi connectivity index (χ2v) is 9.63. The van der Waals surface area contributed by atoms with Crippen LogP contribution in [-0.4, -0.2) is 6.36 Å². The highest BCUT2D eigenvalue weighted by molar-refractivity contribution is 5.67. The molecule has 0 spiro atoms. The summed E-state index contributed by atoms with van der Waals surface area (Å²) in [6.45, 7) is 2.27. The number of benzene rings is 2. The van der Waals surface area contributed by atoms with E-state index in [0.29, 0.717) is 11.1 Å². The predicted molar refractivity (Wildman–Crippen MR) is 124 cm³/mol. The summed E-state index contributed by atoms with van der Waals surface area (Å²) in [7, 11) is 0. The molecule has 2 aliphatic rings. The largest absolute Gasteiger partial charge is 0.573 e. The van der Waals surface area contributed by atoms with E-state index in [1.54, 1.807) is 6.07 Å². The van der Waals surface area contributed by atoms with Crippen LogP contribution in [0, 0.1) is 17.7 Å². The number of halogens is 4. The molecule has 4 rings (SSSR count). The highest BCUT2D eigenvalue weighted by Crippen LogP contribution is 2.36. The molecule has 1 nitrogen and oxygen atoms in total. The lowest BCUT2D eigenvalue weighted by Crippen LogP contribution is -2.16. The fourth-order valence-corrected chi connectivity index (χ4v) is 5.44. The summed E-state index contributed by atoms with van der Waals surface area (Å²) < 4.78 is 55.9. The van der Waals surface area contributed by atoms with Crippen LogP contribution in [0.2, 0.25) is 0 Å². The summed E-state index contributed by atoms with van der Waals surface area (Å²) in [5, 5.41) is 0. The van der Waals surface area contributed by atoms with Crippen molar-refractivity contribution >= 4 is 0 Å². The maximum atomic E-state index is 14.9. The summed E-state index contributed by atoms with van der Waals surface area (Å²) in [6, 6.07) is 8.81. The van der Waals surface area contributed by atoms with E-state index in [1.165, 1.54) is 74.8 Å². The molecule has 0 saturated heterocycles. The zero-order chi connectivity index (χ0) is 23.4. The fraction of sp³-hybridized carbons (Fsp3) is 0.500. The van der Waals surface area contributed by atoms with Gasteiger partial charge in [-0.05, 0) is 78.5 Å². The molecular weight excluding hydrogens is 428 g/mol. The Morgan fingerprint density at radius 2 is 1.58 bits per heavy atom. The minimum atomic E-state index is -4.74. The van der Waals surface area contributed by atoms with Crippen LogP contribution < -0.4 is 4.74 Å². The molecule has 0 bridgehead atoms. The third-order valence-corrected chi connectivity index (χ3v) is 7.25. The van der Waals surface area contributed by atoms with Gasteiger partial charge in [-0.2, -0.15) is 0 Å². The summed E-state index contributed by atoms with van der Waals surface area (Å²) >= 11 is 0. The van der Waals surface area contributed by atoms with E-state index in [4.69, 9.17) is 0 Å². The van der Waals surface area contributed by atoms with E-state index in [1.807, 2.05) is 6.07 Å². The lowest BCUT2D eigenvalue weighted by Gasteiger charge is -2.29. The number of hydrogen-bond donors (Lipinski definition) is 0. The Morgan fingerprint density at radius 3 is 2.21 bits per heavy atom. The molecule has 5 heteroatoms. The molecule has 0 N–H and O–H groups in total. The second-order valence-electron chi connectivity index (χ2n) is 9.63. The van der Waals surface area contributed by atoms with Gasteiger partial charge in [0.25, 0.3) is 0 Å². The molecule has 2 aromatic carbocycles. The molecule has 0 aliphatic heterocycles. The SMILES string of the molecule is CCCC1CCC(CCC2=CCc3cc(-c4ccc(OC(F)(F)F)cc4)c(F)cc3C2)CC1. The van der Waals surface area contributed by atoms with Crippen molar-refractivity contribution in [3.8, 4) is 16.9 Å². The number of ether oxygens (including phenoxy) is 1. The molecule has 1 saturated carbocycles. The Morgan fingerprint density at radius 1 is 0.909 bits per heavy atom. The van der Waals surface area contributed by atoms with Gasteiger partial charge in [-0.3, -0.25) is 0 Å². The molecule has 0 radical (unpaired) electrons. The second kappa shape index (κ2) is 10.3. The van der Waals surface area contributed by atoms with Gasteiger partial charge in [0.15, 0.2) is 0 Å². The zero-order valence-electron chi connectivity index (χ0n) is 19.2. The van der Waals surface area contributed by atoms with Crippen LogP contribution in [-0.2, 0) is 12.8 Å².